The molecule has 0 saturated heterocycles. The number of aliphatic hydroxyl groups is 2. The molecule has 10 nitrogen and oxygen atoms in total. The second-order valence-electron chi connectivity index (χ2n) is 8.26. The summed E-state index contributed by atoms with van der Waals surface area (Å²) in [5.74, 6) is 0.610. The number of hydrogen-bond acceptors (Lipinski definition) is 8. The number of benzene rings is 1. The van der Waals surface area contributed by atoms with Gasteiger partial charge in [0.1, 0.15) is 23.9 Å². The summed E-state index contributed by atoms with van der Waals surface area (Å²) in [6, 6.07) is 9.37. The van der Waals surface area contributed by atoms with E-state index in [9.17, 15) is 18.6 Å². The molecule has 2 aliphatic carbocycles. The molecular weight excluding hydrogens is 434 g/mol. The Morgan fingerprint density at radius 3 is 2.75 bits per heavy atom. The highest BCUT2D eigenvalue weighted by Crippen LogP contribution is 2.38. The van der Waals surface area contributed by atoms with Crippen LogP contribution in [0.3, 0.4) is 0 Å². The van der Waals surface area contributed by atoms with Gasteiger partial charge in [0.05, 0.1) is 23.6 Å². The Morgan fingerprint density at radius 2 is 1.94 bits per heavy atom. The number of fused-ring (bicyclic) bond motifs is 2. The normalized spacial score (nSPS) is 27.7. The Bertz CT molecular complexity index is 1250. The van der Waals surface area contributed by atoms with E-state index in [1.54, 1.807) is 0 Å². The Hall–Kier alpha value is -2.57. The van der Waals surface area contributed by atoms with Crippen LogP contribution in [0.2, 0.25) is 0 Å². The molecule has 5 atom stereocenters. The van der Waals surface area contributed by atoms with Gasteiger partial charge < -0.3 is 20.1 Å². The summed E-state index contributed by atoms with van der Waals surface area (Å²) >= 11 is 0. The molecule has 0 aliphatic heterocycles. The lowest BCUT2D eigenvalue weighted by Gasteiger charge is -2.19. The van der Waals surface area contributed by atoms with Crippen molar-refractivity contribution in [3.63, 3.8) is 0 Å². The molecule has 0 amide bonds. The first kappa shape index (κ1) is 21.3. The van der Waals surface area contributed by atoms with Crippen molar-refractivity contribution in [1.29, 1.82) is 0 Å². The van der Waals surface area contributed by atoms with Crippen molar-refractivity contribution in [2.45, 2.75) is 49.7 Å². The van der Waals surface area contributed by atoms with Crippen molar-refractivity contribution in [2.24, 2.45) is 0 Å². The molecule has 0 spiro atoms. The fourth-order valence-electron chi connectivity index (χ4n) is 4.77. The second-order valence-corrected chi connectivity index (χ2v) is 9.77. The van der Waals surface area contributed by atoms with Gasteiger partial charge in [-0.25, -0.2) is 9.97 Å². The third-order valence-electron chi connectivity index (χ3n) is 6.35. The molecule has 170 valence electrons. The molecule has 5 rings (SSSR count). The van der Waals surface area contributed by atoms with Crippen molar-refractivity contribution in [1.82, 2.24) is 19.3 Å². The number of nitrogens with one attached hydrogen (secondary N) is 2. The first-order valence-electron chi connectivity index (χ1n) is 10.5. The van der Waals surface area contributed by atoms with Crippen LogP contribution in [-0.2, 0) is 20.9 Å². The van der Waals surface area contributed by atoms with Gasteiger partial charge in [-0.05, 0) is 30.0 Å². The molecule has 3 aromatic rings. The number of aromatic nitrogens is 3. The van der Waals surface area contributed by atoms with Crippen molar-refractivity contribution in [3.8, 4) is 0 Å². The molecular formula is C21H25N5O5S. The topological polar surface area (TPSA) is 139 Å². The molecule has 2 aliphatic rings. The SMILES string of the molecule is CNS(=O)(=O)O[C@H]1C[C@H](n2ccc3c(N[C@@H]4c5ccccc5C[C@@H]4O)ncnc32)C[C@@H]1O. The van der Waals surface area contributed by atoms with Gasteiger partial charge in [0, 0.05) is 25.7 Å². The van der Waals surface area contributed by atoms with Crippen LogP contribution in [0.5, 0.6) is 0 Å². The summed E-state index contributed by atoms with van der Waals surface area (Å²) in [4.78, 5) is 8.82. The minimum absolute atomic E-state index is 0.180. The van der Waals surface area contributed by atoms with Gasteiger partial charge in [-0.2, -0.15) is 13.1 Å². The molecule has 1 aromatic carbocycles. The monoisotopic (exact) mass is 459 g/mol. The van der Waals surface area contributed by atoms with Gasteiger partial charge in [0.2, 0.25) is 0 Å². The van der Waals surface area contributed by atoms with E-state index in [0.717, 1.165) is 16.5 Å². The van der Waals surface area contributed by atoms with E-state index < -0.39 is 28.6 Å². The van der Waals surface area contributed by atoms with Gasteiger partial charge in [0.25, 0.3) is 0 Å². The van der Waals surface area contributed by atoms with Crippen LogP contribution in [0, 0.1) is 0 Å². The minimum Gasteiger partial charge on any atom is -0.390 e. The quantitative estimate of drug-likeness (QED) is 0.429. The number of hydrogen-bond donors (Lipinski definition) is 4. The van der Waals surface area contributed by atoms with Crippen LogP contribution in [0.4, 0.5) is 5.82 Å². The summed E-state index contributed by atoms with van der Waals surface area (Å²) in [6.07, 6.45) is 2.26. The molecule has 2 aromatic heterocycles. The molecule has 0 bridgehead atoms. The standard InChI is InChI=1S/C21H25N5O5S/c1-22-32(29,30)31-18-10-13(9-16(18)27)26-7-6-15-20(23-11-24-21(15)26)25-19-14-5-3-2-4-12(14)8-17(19)28/h2-7,11,13,16-19,22,27-28H,8-10H2,1H3,(H,23,24,25)/t13-,16+,17+,18+,19-/m1/s1. The fraction of sp³-hybridized carbons (Fsp3) is 0.429. The Morgan fingerprint density at radius 1 is 1.12 bits per heavy atom. The Labute approximate surface area is 185 Å². The maximum absolute atomic E-state index is 11.7. The minimum atomic E-state index is -3.90. The van der Waals surface area contributed by atoms with E-state index in [1.807, 2.05) is 41.1 Å². The third kappa shape index (κ3) is 3.76. The van der Waals surface area contributed by atoms with Crippen LogP contribution < -0.4 is 10.0 Å². The number of nitrogens with zero attached hydrogens (tertiary/aromatic N) is 3. The predicted molar refractivity (Wildman–Crippen MR) is 117 cm³/mol. The highest BCUT2D eigenvalue weighted by Gasteiger charge is 2.38. The maximum Gasteiger partial charge on any atom is 0.335 e. The van der Waals surface area contributed by atoms with E-state index in [1.165, 1.54) is 13.4 Å². The van der Waals surface area contributed by atoms with E-state index >= 15 is 0 Å². The first-order valence-corrected chi connectivity index (χ1v) is 11.9. The molecule has 11 heteroatoms. The summed E-state index contributed by atoms with van der Waals surface area (Å²) in [6.45, 7) is 0. The van der Waals surface area contributed by atoms with Crippen LogP contribution in [-0.4, -0.2) is 58.5 Å². The van der Waals surface area contributed by atoms with E-state index in [0.29, 0.717) is 30.7 Å². The molecule has 32 heavy (non-hydrogen) atoms. The van der Waals surface area contributed by atoms with Crippen LogP contribution >= 0.6 is 0 Å². The molecule has 1 saturated carbocycles. The molecule has 0 unspecified atom stereocenters. The van der Waals surface area contributed by atoms with Crippen molar-refractivity contribution >= 4 is 27.2 Å². The predicted octanol–water partition coefficient (Wildman–Crippen LogP) is 1.05. The van der Waals surface area contributed by atoms with Crippen LogP contribution in [0.1, 0.15) is 36.1 Å². The highest BCUT2D eigenvalue weighted by molar-refractivity contribution is 7.84. The second kappa shape index (κ2) is 8.09. The lowest BCUT2D eigenvalue weighted by molar-refractivity contribution is 0.0635. The van der Waals surface area contributed by atoms with E-state index in [4.69, 9.17) is 4.18 Å². The largest absolute Gasteiger partial charge is 0.390 e. The van der Waals surface area contributed by atoms with Crippen molar-refractivity contribution < 1.29 is 22.8 Å². The zero-order valence-electron chi connectivity index (χ0n) is 17.4. The molecule has 2 heterocycles. The average molecular weight is 460 g/mol. The summed E-state index contributed by atoms with van der Waals surface area (Å²) in [7, 11) is -2.64. The lowest BCUT2D eigenvalue weighted by Crippen LogP contribution is -2.31. The molecule has 4 N–H and O–H groups in total. The van der Waals surface area contributed by atoms with Crippen LogP contribution in [0.15, 0.2) is 42.9 Å². The molecule has 0 radical (unpaired) electrons. The number of anilines is 1. The maximum atomic E-state index is 11.7. The summed E-state index contributed by atoms with van der Waals surface area (Å²) < 4.78 is 32.6. The molecule has 1 fully saturated rings. The van der Waals surface area contributed by atoms with Gasteiger partial charge in [-0.3, -0.25) is 4.18 Å². The van der Waals surface area contributed by atoms with E-state index in [-0.39, 0.29) is 12.1 Å². The third-order valence-corrected chi connectivity index (χ3v) is 7.35. The zero-order valence-corrected chi connectivity index (χ0v) is 18.2. The van der Waals surface area contributed by atoms with Crippen molar-refractivity contribution in [2.75, 3.05) is 12.4 Å². The van der Waals surface area contributed by atoms with Gasteiger partial charge in [-0.1, -0.05) is 24.3 Å². The van der Waals surface area contributed by atoms with E-state index in [2.05, 4.69) is 20.0 Å². The Kier molecular flexibility index (Phi) is 5.38. The highest BCUT2D eigenvalue weighted by atomic mass is 32.2. The summed E-state index contributed by atoms with van der Waals surface area (Å²) in [5.41, 5.74) is 2.83. The van der Waals surface area contributed by atoms with Gasteiger partial charge >= 0.3 is 10.3 Å². The van der Waals surface area contributed by atoms with Crippen LogP contribution in [0.25, 0.3) is 11.0 Å². The number of rotatable bonds is 6. The average Bonchev–Trinajstić information content (AvgIpc) is 3.44. The lowest BCUT2D eigenvalue weighted by atomic mass is 10.1. The zero-order chi connectivity index (χ0) is 22.5. The smallest absolute Gasteiger partial charge is 0.335 e. The van der Waals surface area contributed by atoms with Gasteiger partial charge in [0.15, 0.2) is 0 Å². The summed E-state index contributed by atoms with van der Waals surface area (Å²) in [5, 5.41) is 25.1. The fourth-order valence-corrected chi connectivity index (χ4v) is 5.40. The number of aliphatic hydroxyl groups excluding tert-OH is 2. The first-order chi connectivity index (χ1) is 15.4. The Balaban J connectivity index is 1.41. The van der Waals surface area contributed by atoms with Crippen molar-refractivity contribution in [3.05, 3.63) is 54.0 Å². The van der Waals surface area contributed by atoms with Gasteiger partial charge in [-0.15, -0.1) is 0 Å².